The van der Waals surface area contributed by atoms with Crippen LogP contribution in [0.25, 0.3) is 0 Å². The van der Waals surface area contributed by atoms with Gasteiger partial charge in [-0.3, -0.25) is 4.79 Å². The van der Waals surface area contributed by atoms with E-state index in [-0.39, 0.29) is 17.3 Å². The van der Waals surface area contributed by atoms with Gasteiger partial charge in [-0.05, 0) is 47.3 Å². The molecular formula is C22H26N2O4S3. The Labute approximate surface area is 192 Å². The molecule has 2 aliphatic rings. The Morgan fingerprint density at radius 2 is 1.71 bits per heavy atom. The van der Waals surface area contributed by atoms with Gasteiger partial charge in [0.05, 0.1) is 22.7 Å². The van der Waals surface area contributed by atoms with Crippen LogP contribution in [0.2, 0.25) is 0 Å². The zero-order valence-corrected chi connectivity index (χ0v) is 19.6. The van der Waals surface area contributed by atoms with Crippen molar-refractivity contribution in [2.24, 2.45) is 0 Å². The molecule has 0 atom stereocenters. The van der Waals surface area contributed by atoms with Crippen LogP contribution in [0.4, 0.5) is 0 Å². The number of hydrogen-bond acceptors (Lipinski definition) is 6. The van der Waals surface area contributed by atoms with E-state index < -0.39 is 10.0 Å². The van der Waals surface area contributed by atoms with Gasteiger partial charge < -0.3 is 10.1 Å². The molecule has 0 radical (unpaired) electrons. The number of benzene rings is 2. The lowest BCUT2D eigenvalue weighted by molar-refractivity contribution is 0.0730. The number of hydrogen-bond donors (Lipinski definition) is 1. The number of ether oxygens (including phenoxy) is 1. The third-order valence-corrected chi connectivity index (χ3v) is 10.3. The second kappa shape index (κ2) is 10.4. The Balaban J connectivity index is 1.43. The summed E-state index contributed by atoms with van der Waals surface area (Å²) < 4.78 is 33.3. The van der Waals surface area contributed by atoms with E-state index in [1.54, 1.807) is 24.3 Å². The molecule has 2 heterocycles. The molecular weight excluding hydrogens is 452 g/mol. The van der Waals surface area contributed by atoms with Gasteiger partial charge in [-0.2, -0.15) is 4.31 Å². The van der Waals surface area contributed by atoms with Gasteiger partial charge in [0.15, 0.2) is 0 Å². The minimum Gasteiger partial charge on any atom is -0.379 e. The highest BCUT2D eigenvalue weighted by Gasteiger charge is 2.28. The number of sulfonamides is 1. The van der Waals surface area contributed by atoms with Crippen LogP contribution in [-0.2, 0) is 21.3 Å². The first kappa shape index (κ1) is 22.7. The smallest absolute Gasteiger partial charge is 0.251 e. The van der Waals surface area contributed by atoms with Crippen molar-refractivity contribution >= 4 is 39.5 Å². The number of morpholine rings is 1. The van der Waals surface area contributed by atoms with Gasteiger partial charge in [0.2, 0.25) is 10.0 Å². The number of carbonyl (C=O) groups excluding carboxylic acids is 1. The Hall–Kier alpha value is -1.52. The minimum absolute atomic E-state index is 0.147. The molecule has 2 aromatic rings. The zero-order valence-electron chi connectivity index (χ0n) is 17.2. The first-order valence-corrected chi connectivity index (χ1v) is 13.9. The van der Waals surface area contributed by atoms with Crippen molar-refractivity contribution in [3.05, 3.63) is 65.2 Å². The van der Waals surface area contributed by atoms with Crippen molar-refractivity contribution in [3.8, 4) is 0 Å². The van der Waals surface area contributed by atoms with Gasteiger partial charge in [0.25, 0.3) is 5.91 Å². The summed E-state index contributed by atoms with van der Waals surface area (Å²) in [6.45, 7) is 1.62. The van der Waals surface area contributed by atoms with Crippen LogP contribution >= 0.6 is 23.5 Å². The van der Waals surface area contributed by atoms with Gasteiger partial charge in [-0.1, -0.05) is 30.3 Å². The zero-order chi connectivity index (χ0) is 21.7. The number of carbonyl (C=O) groups is 1. The maximum Gasteiger partial charge on any atom is 0.251 e. The molecule has 0 spiro atoms. The highest BCUT2D eigenvalue weighted by Crippen LogP contribution is 2.43. The molecule has 2 fully saturated rings. The lowest BCUT2D eigenvalue weighted by Crippen LogP contribution is -2.41. The van der Waals surface area contributed by atoms with Crippen molar-refractivity contribution in [3.63, 3.8) is 0 Å². The summed E-state index contributed by atoms with van der Waals surface area (Å²) in [5.41, 5.74) is 2.38. The van der Waals surface area contributed by atoms with E-state index in [1.807, 2.05) is 47.8 Å². The molecule has 0 saturated carbocycles. The van der Waals surface area contributed by atoms with Gasteiger partial charge in [-0.15, -0.1) is 23.5 Å². The Kier molecular flexibility index (Phi) is 7.60. The van der Waals surface area contributed by atoms with E-state index in [9.17, 15) is 13.2 Å². The number of nitrogens with zero attached hydrogens (tertiary/aromatic N) is 1. The summed E-state index contributed by atoms with van der Waals surface area (Å²) in [4.78, 5) is 12.9. The predicted molar refractivity (Wildman–Crippen MR) is 126 cm³/mol. The monoisotopic (exact) mass is 478 g/mol. The fourth-order valence-corrected chi connectivity index (χ4v) is 8.10. The molecule has 0 aromatic heterocycles. The molecule has 0 unspecified atom stereocenters. The Morgan fingerprint density at radius 1 is 1.03 bits per heavy atom. The molecule has 6 nitrogen and oxygen atoms in total. The largest absolute Gasteiger partial charge is 0.379 e. The third-order valence-electron chi connectivity index (χ3n) is 5.27. The maximum absolute atomic E-state index is 13.1. The van der Waals surface area contributed by atoms with E-state index in [0.717, 1.165) is 0 Å². The van der Waals surface area contributed by atoms with Gasteiger partial charge in [-0.25, -0.2) is 8.42 Å². The first-order valence-electron chi connectivity index (χ1n) is 10.3. The molecule has 166 valence electrons. The third kappa shape index (κ3) is 5.46. The standard InChI is InChI=1S/C22H26N2O4S3/c25-21(17-6-8-18(9-7-17)22-29-14-3-15-30-22)23-16-19-4-1-2-5-20(19)31(26,27)24-10-12-28-13-11-24/h1-2,4-9,22H,3,10-16H2,(H,23,25). The van der Waals surface area contributed by atoms with Crippen LogP contribution < -0.4 is 5.32 Å². The van der Waals surface area contributed by atoms with Crippen LogP contribution in [-0.4, -0.2) is 56.4 Å². The van der Waals surface area contributed by atoms with Crippen molar-refractivity contribution in [2.75, 3.05) is 37.8 Å². The number of amides is 1. The molecule has 2 saturated heterocycles. The SMILES string of the molecule is O=C(NCc1ccccc1S(=O)(=O)N1CCOCC1)c1ccc(C2SCCCS2)cc1. The fourth-order valence-electron chi connectivity index (χ4n) is 3.58. The molecule has 2 aromatic carbocycles. The lowest BCUT2D eigenvalue weighted by atomic mass is 10.1. The number of nitrogens with one attached hydrogen (secondary N) is 1. The van der Waals surface area contributed by atoms with Gasteiger partial charge in [0, 0.05) is 25.2 Å². The van der Waals surface area contributed by atoms with Crippen LogP contribution in [0.15, 0.2) is 53.4 Å². The summed E-state index contributed by atoms with van der Waals surface area (Å²) in [5.74, 6) is 2.13. The van der Waals surface area contributed by atoms with Crippen LogP contribution in [0.3, 0.4) is 0 Å². The Morgan fingerprint density at radius 3 is 2.42 bits per heavy atom. The summed E-state index contributed by atoms with van der Waals surface area (Å²) in [6.07, 6.45) is 1.25. The van der Waals surface area contributed by atoms with E-state index in [0.29, 0.717) is 42.0 Å². The Bertz CT molecular complexity index is 1000. The van der Waals surface area contributed by atoms with Crippen LogP contribution in [0.5, 0.6) is 0 Å². The molecule has 4 rings (SSSR count). The summed E-state index contributed by atoms with van der Waals surface area (Å²) in [5, 5.41) is 2.87. The molecule has 2 aliphatic heterocycles. The van der Waals surface area contributed by atoms with E-state index in [1.165, 1.54) is 27.8 Å². The summed E-state index contributed by atoms with van der Waals surface area (Å²) in [6, 6.07) is 14.6. The van der Waals surface area contributed by atoms with Crippen molar-refractivity contribution < 1.29 is 17.9 Å². The van der Waals surface area contributed by atoms with E-state index in [4.69, 9.17) is 4.74 Å². The second-order valence-electron chi connectivity index (χ2n) is 7.36. The second-order valence-corrected chi connectivity index (χ2v) is 12.0. The van der Waals surface area contributed by atoms with E-state index >= 15 is 0 Å². The van der Waals surface area contributed by atoms with Crippen molar-refractivity contribution in [2.45, 2.75) is 22.4 Å². The van der Waals surface area contributed by atoms with Crippen molar-refractivity contribution in [1.82, 2.24) is 9.62 Å². The molecule has 31 heavy (non-hydrogen) atoms. The topological polar surface area (TPSA) is 75.7 Å². The first-order chi connectivity index (χ1) is 15.1. The number of thioether (sulfide) groups is 2. The lowest BCUT2D eigenvalue weighted by Gasteiger charge is -2.27. The normalized spacial score (nSPS) is 18.6. The van der Waals surface area contributed by atoms with Crippen LogP contribution in [0.1, 0.15) is 32.5 Å². The minimum atomic E-state index is -3.63. The molecule has 1 N–H and O–H groups in total. The van der Waals surface area contributed by atoms with Gasteiger partial charge in [0.1, 0.15) is 0 Å². The van der Waals surface area contributed by atoms with Gasteiger partial charge >= 0.3 is 0 Å². The van der Waals surface area contributed by atoms with Crippen LogP contribution in [0, 0.1) is 0 Å². The molecule has 9 heteroatoms. The summed E-state index contributed by atoms with van der Waals surface area (Å²) in [7, 11) is -3.63. The average molecular weight is 479 g/mol. The molecule has 0 aliphatic carbocycles. The molecule has 1 amide bonds. The number of rotatable bonds is 6. The molecule has 0 bridgehead atoms. The quantitative estimate of drug-likeness (QED) is 0.685. The predicted octanol–water partition coefficient (Wildman–Crippen LogP) is 3.51. The maximum atomic E-state index is 13.1. The average Bonchev–Trinajstić information content (AvgIpc) is 2.84. The van der Waals surface area contributed by atoms with Crippen molar-refractivity contribution in [1.29, 1.82) is 0 Å². The summed E-state index contributed by atoms with van der Waals surface area (Å²) >= 11 is 3.89. The highest BCUT2D eigenvalue weighted by molar-refractivity contribution is 8.16. The van der Waals surface area contributed by atoms with E-state index in [2.05, 4.69) is 5.32 Å². The highest BCUT2D eigenvalue weighted by atomic mass is 32.2. The fraction of sp³-hybridized carbons (Fsp3) is 0.409.